The maximum absolute atomic E-state index is 10.9. The van der Waals surface area contributed by atoms with Crippen LogP contribution in [0.3, 0.4) is 0 Å². The molecular weight excluding hydrogens is 206 g/mol. The number of aryl methyl sites for hydroxylation is 1. The standard InChI is InChI=1S/C12H15NO3/c1-8-2-3-10(6-11(8)12(14)15)16-7-9-4-5-13-9/h2-3,6,9,13H,4-5,7H2,1H3,(H,14,15). The molecule has 0 saturated carbocycles. The van der Waals surface area contributed by atoms with E-state index in [1.165, 1.54) is 0 Å². The van der Waals surface area contributed by atoms with E-state index in [1.807, 2.05) is 0 Å². The van der Waals surface area contributed by atoms with E-state index in [1.54, 1.807) is 25.1 Å². The minimum Gasteiger partial charge on any atom is -0.492 e. The molecule has 0 bridgehead atoms. The minimum atomic E-state index is -0.912. The van der Waals surface area contributed by atoms with Gasteiger partial charge in [-0.2, -0.15) is 0 Å². The molecule has 1 heterocycles. The van der Waals surface area contributed by atoms with E-state index in [-0.39, 0.29) is 0 Å². The van der Waals surface area contributed by atoms with Gasteiger partial charge in [-0.05, 0) is 37.6 Å². The summed E-state index contributed by atoms with van der Waals surface area (Å²) in [4.78, 5) is 10.9. The van der Waals surface area contributed by atoms with Gasteiger partial charge < -0.3 is 15.2 Å². The number of ether oxygens (including phenoxy) is 1. The molecule has 1 aliphatic rings. The molecule has 4 nitrogen and oxygen atoms in total. The van der Waals surface area contributed by atoms with Crippen LogP contribution in [0.5, 0.6) is 5.75 Å². The first-order chi connectivity index (χ1) is 7.66. The molecule has 1 aromatic carbocycles. The summed E-state index contributed by atoms with van der Waals surface area (Å²) in [6.45, 7) is 3.42. The van der Waals surface area contributed by atoms with Crippen molar-refractivity contribution in [1.29, 1.82) is 0 Å². The summed E-state index contributed by atoms with van der Waals surface area (Å²) in [6.07, 6.45) is 1.12. The number of carbonyl (C=O) groups is 1. The lowest BCUT2D eigenvalue weighted by Gasteiger charge is -2.27. The van der Waals surface area contributed by atoms with Crippen molar-refractivity contribution in [1.82, 2.24) is 5.32 Å². The Morgan fingerprint density at radius 1 is 1.62 bits per heavy atom. The third kappa shape index (κ3) is 2.33. The van der Waals surface area contributed by atoms with Crippen LogP contribution in [0.25, 0.3) is 0 Å². The van der Waals surface area contributed by atoms with Crippen LogP contribution in [-0.4, -0.2) is 30.3 Å². The zero-order valence-electron chi connectivity index (χ0n) is 9.19. The predicted octanol–water partition coefficient (Wildman–Crippen LogP) is 1.43. The van der Waals surface area contributed by atoms with Gasteiger partial charge in [0.2, 0.25) is 0 Å². The number of hydrogen-bond acceptors (Lipinski definition) is 3. The van der Waals surface area contributed by atoms with Gasteiger partial charge in [-0.3, -0.25) is 0 Å². The van der Waals surface area contributed by atoms with Gasteiger partial charge in [-0.1, -0.05) is 6.07 Å². The lowest BCUT2D eigenvalue weighted by molar-refractivity contribution is 0.0695. The second-order valence-electron chi connectivity index (χ2n) is 4.03. The first-order valence-corrected chi connectivity index (χ1v) is 5.37. The summed E-state index contributed by atoms with van der Waals surface area (Å²) >= 11 is 0. The van der Waals surface area contributed by atoms with Crippen molar-refractivity contribution in [3.63, 3.8) is 0 Å². The van der Waals surface area contributed by atoms with Crippen LogP contribution in [0.1, 0.15) is 22.3 Å². The van der Waals surface area contributed by atoms with Crippen LogP contribution >= 0.6 is 0 Å². The number of aromatic carboxylic acids is 1. The van der Waals surface area contributed by atoms with Crippen LogP contribution in [0.4, 0.5) is 0 Å². The maximum Gasteiger partial charge on any atom is 0.336 e. The Bertz CT molecular complexity index is 399. The highest BCUT2D eigenvalue weighted by Crippen LogP contribution is 2.18. The normalized spacial score (nSPS) is 18.9. The fourth-order valence-electron chi connectivity index (χ4n) is 1.61. The molecule has 0 aliphatic carbocycles. The molecule has 1 atom stereocenters. The van der Waals surface area contributed by atoms with Crippen LogP contribution < -0.4 is 10.1 Å². The third-order valence-electron chi connectivity index (χ3n) is 2.82. The lowest BCUT2D eigenvalue weighted by Crippen LogP contribution is -2.46. The molecule has 4 heteroatoms. The summed E-state index contributed by atoms with van der Waals surface area (Å²) < 4.78 is 5.53. The molecular formula is C12H15NO3. The molecule has 16 heavy (non-hydrogen) atoms. The summed E-state index contributed by atoms with van der Waals surface area (Å²) in [6, 6.07) is 5.57. The Hall–Kier alpha value is -1.55. The van der Waals surface area contributed by atoms with E-state index in [0.717, 1.165) is 18.5 Å². The van der Waals surface area contributed by atoms with E-state index in [0.29, 0.717) is 24.0 Å². The van der Waals surface area contributed by atoms with Crippen molar-refractivity contribution < 1.29 is 14.6 Å². The highest BCUT2D eigenvalue weighted by molar-refractivity contribution is 5.89. The topological polar surface area (TPSA) is 58.6 Å². The van der Waals surface area contributed by atoms with Crippen LogP contribution in [-0.2, 0) is 0 Å². The smallest absolute Gasteiger partial charge is 0.336 e. The molecule has 2 N–H and O–H groups in total. The van der Waals surface area contributed by atoms with Crippen LogP contribution in [0, 0.1) is 6.92 Å². The monoisotopic (exact) mass is 221 g/mol. The highest BCUT2D eigenvalue weighted by Gasteiger charge is 2.17. The molecule has 1 aromatic rings. The summed E-state index contributed by atoms with van der Waals surface area (Å²) in [7, 11) is 0. The minimum absolute atomic E-state index is 0.305. The Morgan fingerprint density at radius 2 is 2.38 bits per heavy atom. The fraction of sp³-hybridized carbons (Fsp3) is 0.417. The number of hydrogen-bond donors (Lipinski definition) is 2. The molecule has 1 aliphatic heterocycles. The second kappa shape index (κ2) is 4.53. The Morgan fingerprint density at radius 3 is 2.94 bits per heavy atom. The van der Waals surface area contributed by atoms with E-state index < -0.39 is 5.97 Å². The average Bonchev–Trinajstić information content (AvgIpc) is 2.17. The Labute approximate surface area is 94.2 Å². The van der Waals surface area contributed by atoms with E-state index >= 15 is 0 Å². The van der Waals surface area contributed by atoms with Crippen LogP contribution in [0.2, 0.25) is 0 Å². The van der Waals surface area contributed by atoms with Gasteiger partial charge in [0.15, 0.2) is 0 Å². The zero-order valence-corrected chi connectivity index (χ0v) is 9.19. The van der Waals surface area contributed by atoms with Crippen molar-refractivity contribution in [2.45, 2.75) is 19.4 Å². The number of nitrogens with one attached hydrogen (secondary N) is 1. The van der Waals surface area contributed by atoms with Gasteiger partial charge in [-0.15, -0.1) is 0 Å². The molecule has 0 radical (unpaired) electrons. The SMILES string of the molecule is Cc1ccc(OCC2CCN2)cc1C(=O)O. The van der Waals surface area contributed by atoms with Gasteiger partial charge in [0.1, 0.15) is 12.4 Å². The molecule has 1 unspecified atom stereocenters. The number of carboxylic acid groups (broad SMARTS) is 1. The van der Waals surface area contributed by atoms with Crippen molar-refractivity contribution in [3.05, 3.63) is 29.3 Å². The number of carboxylic acids is 1. The number of benzene rings is 1. The first kappa shape index (κ1) is 11.0. The van der Waals surface area contributed by atoms with Gasteiger partial charge in [0, 0.05) is 6.04 Å². The maximum atomic E-state index is 10.9. The zero-order chi connectivity index (χ0) is 11.5. The second-order valence-corrected chi connectivity index (χ2v) is 4.03. The van der Waals surface area contributed by atoms with E-state index in [2.05, 4.69) is 5.32 Å². The van der Waals surface area contributed by atoms with Gasteiger partial charge in [0.25, 0.3) is 0 Å². The van der Waals surface area contributed by atoms with Gasteiger partial charge >= 0.3 is 5.97 Å². The summed E-state index contributed by atoms with van der Waals surface area (Å²) in [5, 5.41) is 12.2. The lowest BCUT2D eigenvalue weighted by atomic mass is 10.1. The molecule has 0 amide bonds. The summed E-state index contributed by atoms with van der Waals surface area (Å²) in [5.41, 5.74) is 1.06. The summed E-state index contributed by atoms with van der Waals surface area (Å²) in [5.74, 6) is -0.290. The van der Waals surface area contributed by atoms with Crippen LogP contribution in [0.15, 0.2) is 18.2 Å². The Balaban J connectivity index is 2.03. The first-order valence-electron chi connectivity index (χ1n) is 5.37. The fourth-order valence-corrected chi connectivity index (χ4v) is 1.61. The largest absolute Gasteiger partial charge is 0.492 e. The predicted molar refractivity (Wildman–Crippen MR) is 60.0 cm³/mol. The quantitative estimate of drug-likeness (QED) is 0.807. The highest BCUT2D eigenvalue weighted by atomic mass is 16.5. The van der Waals surface area contributed by atoms with Crippen molar-refractivity contribution in [2.24, 2.45) is 0 Å². The molecule has 86 valence electrons. The Kier molecular flexibility index (Phi) is 3.10. The molecule has 0 spiro atoms. The average molecular weight is 221 g/mol. The molecule has 1 fully saturated rings. The van der Waals surface area contributed by atoms with Gasteiger partial charge in [-0.25, -0.2) is 4.79 Å². The van der Waals surface area contributed by atoms with Crippen molar-refractivity contribution in [3.8, 4) is 5.75 Å². The molecule has 2 rings (SSSR count). The van der Waals surface area contributed by atoms with Crippen molar-refractivity contribution in [2.75, 3.05) is 13.2 Å². The van der Waals surface area contributed by atoms with E-state index in [4.69, 9.17) is 9.84 Å². The number of rotatable bonds is 4. The third-order valence-corrected chi connectivity index (χ3v) is 2.82. The van der Waals surface area contributed by atoms with Crippen molar-refractivity contribution >= 4 is 5.97 Å². The molecule has 0 aromatic heterocycles. The van der Waals surface area contributed by atoms with E-state index in [9.17, 15) is 4.79 Å². The van der Waals surface area contributed by atoms with Gasteiger partial charge in [0.05, 0.1) is 5.56 Å². The molecule has 1 saturated heterocycles.